The normalized spacial score (nSPS) is 38.0. The van der Waals surface area contributed by atoms with Crippen molar-refractivity contribution in [1.29, 1.82) is 0 Å². The van der Waals surface area contributed by atoms with Crippen molar-refractivity contribution < 1.29 is 0 Å². The van der Waals surface area contributed by atoms with E-state index in [0.717, 1.165) is 26.2 Å². The van der Waals surface area contributed by atoms with E-state index in [4.69, 9.17) is 0 Å². The number of nitrogens with one attached hydrogen (secondary N) is 4. The molecule has 4 nitrogen and oxygen atoms in total. The van der Waals surface area contributed by atoms with Gasteiger partial charge >= 0.3 is 0 Å². The van der Waals surface area contributed by atoms with Crippen LogP contribution in [0.2, 0.25) is 0 Å². The Morgan fingerprint density at radius 2 is 0.944 bits per heavy atom. The molecule has 1 rings (SSSR count). The van der Waals surface area contributed by atoms with Gasteiger partial charge in [-0.25, -0.2) is 0 Å². The minimum atomic E-state index is 0.550. The van der Waals surface area contributed by atoms with Gasteiger partial charge in [0.05, 0.1) is 0 Å². The van der Waals surface area contributed by atoms with Gasteiger partial charge in [0.15, 0.2) is 0 Å². The summed E-state index contributed by atoms with van der Waals surface area (Å²) < 4.78 is 0. The van der Waals surface area contributed by atoms with Gasteiger partial charge in [-0.3, -0.25) is 0 Å². The SMILES string of the molecule is CC1CCNC(C)CNC(C)CCNC(C)CN1. The number of hydrogen-bond acceptors (Lipinski definition) is 4. The number of hydrogen-bond donors (Lipinski definition) is 4. The third-order valence-electron chi connectivity index (χ3n) is 3.69. The van der Waals surface area contributed by atoms with Gasteiger partial charge in [0, 0.05) is 37.3 Å². The fraction of sp³-hybridized carbons (Fsp3) is 1.00. The van der Waals surface area contributed by atoms with E-state index in [-0.39, 0.29) is 0 Å². The monoisotopic (exact) mass is 256 g/mol. The first-order valence-corrected chi connectivity index (χ1v) is 7.51. The smallest absolute Gasteiger partial charge is 0.0164 e. The van der Waals surface area contributed by atoms with Crippen LogP contribution in [0.5, 0.6) is 0 Å². The molecule has 4 heteroatoms. The molecule has 108 valence electrons. The van der Waals surface area contributed by atoms with Crippen LogP contribution in [0.3, 0.4) is 0 Å². The van der Waals surface area contributed by atoms with Crippen LogP contribution in [-0.4, -0.2) is 50.3 Å². The Hall–Kier alpha value is -0.160. The quantitative estimate of drug-likeness (QED) is 0.515. The number of rotatable bonds is 0. The molecular weight excluding hydrogens is 224 g/mol. The second kappa shape index (κ2) is 8.86. The van der Waals surface area contributed by atoms with Gasteiger partial charge in [-0.15, -0.1) is 0 Å². The highest BCUT2D eigenvalue weighted by Crippen LogP contribution is 1.95. The Bertz CT molecular complexity index is 168. The van der Waals surface area contributed by atoms with E-state index in [1.54, 1.807) is 0 Å². The molecule has 0 aromatic carbocycles. The van der Waals surface area contributed by atoms with E-state index in [1.807, 2.05) is 0 Å². The molecule has 0 aliphatic carbocycles. The van der Waals surface area contributed by atoms with Crippen molar-refractivity contribution in [2.75, 3.05) is 26.2 Å². The van der Waals surface area contributed by atoms with Crippen molar-refractivity contribution in [3.05, 3.63) is 0 Å². The molecule has 4 N–H and O–H groups in total. The van der Waals surface area contributed by atoms with Gasteiger partial charge in [0.2, 0.25) is 0 Å². The van der Waals surface area contributed by atoms with E-state index in [0.29, 0.717) is 24.2 Å². The molecule has 1 aliphatic heterocycles. The Balaban J connectivity index is 2.36. The zero-order chi connectivity index (χ0) is 13.4. The van der Waals surface area contributed by atoms with Gasteiger partial charge in [-0.05, 0) is 53.6 Å². The van der Waals surface area contributed by atoms with Crippen LogP contribution < -0.4 is 21.3 Å². The highest BCUT2D eigenvalue weighted by Gasteiger charge is 2.09. The van der Waals surface area contributed by atoms with Gasteiger partial charge < -0.3 is 21.3 Å². The van der Waals surface area contributed by atoms with Crippen LogP contribution in [0, 0.1) is 0 Å². The van der Waals surface area contributed by atoms with Crippen molar-refractivity contribution in [2.24, 2.45) is 0 Å². The average molecular weight is 256 g/mol. The van der Waals surface area contributed by atoms with Crippen LogP contribution in [0.4, 0.5) is 0 Å². The van der Waals surface area contributed by atoms with E-state index in [2.05, 4.69) is 49.0 Å². The Kier molecular flexibility index (Phi) is 7.82. The molecule has 0 aromatic rings. The fourth-order valence-electron chi connectivity index (χ4n) is 2.20. The van der Waals surface area contributed by atoms with E-state index in [9.17, 15) is 0 Å². The Morgan fingerprint density at radius 1 is 0.556 bits per heavy atom. The molecule has 18 heavy (non-hydrogen) atoms. The topological polar surface area (TPSA) is 48.1 Å². The first kappa shape index (κ1) is 15.9. The molecule has 1 aliphatic rings. The van der Waals surface area contributed by atoms with Crippen molar-refractivity contribution in [3.8, 4) is 0 Å². The fourth-order valence-corrected chi connectivity index (χ4v) is 2.20. The zero-order valence-electron chi connectivity index (χ0n) is 12.6. The van der Waals surface area contributed by atoms with E-state index < -0.39 is 0 Å². The summed E-state index contributed by atoms with van der Waals surface area (Å²) in [5.41, 5.74) is 0. The minimum absolute atomic E-state index is 0.550. The van der Waals surface area contributed by atoms with E-state index >= 15 is 0 Å². The minimum Gasteiger partial charge on any atom is -0.313 e. The van der Waals surface area contributed by atoms with Crippen molar-refractivity contribution >= 4 is 0 Å². The van der Waals surface area contributed by atoms with Crippen LogP contribution in [0.15, 0.2) is 0 Å². The maximum Gasteiger partial charge on any atom is 0.0164 e. The molecule has 1 saturated heterocycles. The molecule has 0 radical (unpaired) electrons. The lowest BCUT2D eigenvalue weighted by molar-refractivity contribution is 0.389. The van der Waals surface area contributed by atoms with Gasteiger partial charge in [-0.2, -0.15) is 0 Å². The van der Waals surface area contributed by atoms with Crippen LogP contribution >= 0.6 is 0 Å². The van der Waals surface area contributed by atoms with Crippen molar-refractivity contribution in [2.45, 2.75) is 64.7 Å². The predicted octanol–water partition coefficient (Wildman–Crippen LogP) is 0.693. The highest BCUT2D eigenvalue weighted by molar-refractivity contribution is 4.74. The lowest BCUT2D eigenvalue weighted by atomic mass is 10.1. The summed E-state index contributed by atoms with van der Waals surface area (Å²) in [5, 5.41) is 14.3. The molecule has 0 spiro atoms. The maximum absolute atomic E-state index is 3.59. The summed E-state index contributed by atoms with van der Waals surface area (Å²) in [6.07, 6.45) is 2.37. The largest absolute Gasteiger partial charge is 0.313 e. The van der Waals surface area contributed by atoms with Crippen molar-refractivity contribution in [3.63, 3.8) is 0 Å². The molecule has 0 bridgehead atoms. The molecule has 0 amide bonds. The van der Waals surface area contributed by atoms with Gasteiger partial charge in [0.25, 0.3) is 0 Å². The predicted molar refractivity (Wildman–Crippen MR) is 79.1 cm³/mol. The molecular formula is C14H32N4. The maximum atomic E-state index is 3.59. The summed E-state index contributed by atoms with van der Waals surface area (Å²) in [6.45, 7) is 13.3. The van der Waals surface area contributed by atoms with Crippen LogP contribution in [0.25, 0.3) is 0 Å². The molecule has 4 unspecified atom stereocenters. The summed E-state index contributed by atoms with van der Waals surface area (Å²) in [6, 6.07) is 2.27. The van der Waals surface area contributed by atoms with E-state index in [1.165, 1.54) is 12.8 Å². The molecule has 0 saturated carbocycles. The lowest BCUT2D eigenvalue weighted by Gasteiger charge is -2.24. The average Bonchev–Trinajstić information content (AvgIpc) is 2.33. The third kappa shape index (κ3) is 7.31. The van der Waals surface area contributed by atoms with Gasteiger partial charge in [-0.1, -0.05) is 0 Å². The first-order chi connectivity index (χ1) is 8.58. The van der Waals surface area contributed by atoms with Crippen LogP contribution in [-0.2, 0) is 0 Å². The van der Waals surface area contributed by atoms with Crippen molar-refractivity contribution in [1.82, 2.24) is 21.3 Å². The summed E-state index contributed by atoms with van der Waals surface area (Å²) in [4.78, 5) is 0. The second-order valence-electron chi connectivity index (χ2n) is 5.91. The molecule has 0 aromatic heterocycles. The zero-order valence-corrected chi connectivity index (χ0v) is 12.6. The Morgan fingerprint density at radius 3 is 1.33 bits per heavy atom. The third-order valence-corrected chi connectivity index (χ3v) is 3.69. The summed E-state index contributed by atoms with van der Waals surface area (Å²) in [5.74, 6) is 0. The first-order valence-electron chi connectivity index (χ1n) is 7.51. The molecule has 1 heterocycles. The molecule has 4 atom stereocenters. The Labute approximate surface area is 113 Å². The highest BCUT2D eigenvalue weighted by atomic mass is 15.0. The van der Waals surface area contributed by atoms with Crippen LogP contribution in [0.1, 0.15) is 40.5 Å². The van der Waals surface area contributed by atoms with Gasteiger partial charge in [0.1, 0.15) is 0 Å². The summed E-state index contributed by atoms with van der Waals surface area (Å²) in [7, 11) is 0. The standard InChI is InChI=1S/C14H32N4/c1-11-5-7-15-14(4)10-18-12(2)6-8-16-13(3)9-17-11/h11-18H,5-10H2,1-4H3. The lowest BCUT2D eigenvalue weighted by Crippen LogP contribution is -2.45. The molecule has 1 fully saturated rings. The summed E-state index contributed by atoms with van der Waals surface area (Å²) >= 11 is 0. The second-order valence-corrected chi connectivity index (χ2v) is 5.91.